The van der Waals surface area contributed by atoms with Gasteiger partial charge in [0.25, 0.3) is 0 Å². The van der Waals surface area contributed by atoms with Crippen LogP contribution in [0.15, 0.2) is 0 Å². The first-order valence-corrected chi connectivity index (χ1v) is 5.37. The van der Waals surface area contributed by atoms with Crippen LogP contribution in [0.2, 0.25) is 0 Å². The molecule has 0 radical (unpaired) electrons. The number of alkyl halides is 1. The van der Waals surface area contributed by atoms with Gasteiger partial charge in [-0.2, -0.15) is 0 Å². The molecule has 0 spiro atoms. The Labute approximate surface area is 81.9 Å². The summed E-state index contributed by atoms with van der Waals surface area (Å²) in [7, 11) is 0. The highest BCUT2D eigenvalue weighted by atomic mass is 35.5. The fourth-order valence-electron chi connectivity index (χ4n) is 1.07. The Morgan fingerprint density at radius 1 is 1.25 bits per heavy atom. The molecule has 0 rings (SSSR count). The van der Waals surface area contributed by atoms with Gasteiger partial charge in [-0.05, 0) is 25.7 Å². The lowest BCUT2D eigenvalue weighted by molar-refractivity contribution is 0.487. The average Bonchev–Trinajstić information content (AvgIpc) is 1.99. The Morgan fingerprint density at radius 3 is 2.25 bits per heavy atom. The Bertz CT molecular complexity index is 104. The van der Waals surface area contributed by atoms with E-state index in [1.165, 1.54) is 6.42 Å². The van der Waals surface area contributed by atoms with Gasteiger partial charge in [-0.1, -0.05) is 20.8 Å². The lowest BCUT2D eigenvalue weighted by atomic mass is 10.1. The minimum atomic E-state index is 0.291. The molecule has 0 aliphatic heterocycles. The molecule has 2 unspecified atom stereocenters. The van der Waals surface area contributed by atoms with Crippen LogP contribution < -0.4 is 5.32 Å². The lowest BCUT2D eigenvalue weighted by Crippen LogP contribution is -2.31. The molecule has 2 heteroatoms. The Hall–Kier alpha value is 0.250. The van der Waals surface area contributed by atoms with E-state index in [1.807, 2.05) is 0 Å². The molecule has 0 saturated heterocycles. The monoisotopic (exact) mass is 191 g/mol. The summed E-state index contributed by atoms with van der Waals surface area (Å²) in [6, 6.07) is 0.596. The van der Waals surface area contributed by atoms with Crippen molar-refractivity contribution in [2.75, 3.05) is 6.54 Å². The van der Waals surface area contributed by atoms with Crippen molar-refractivity contribution in [3.8, 4) is 0 Å². The van der Waals surface area contributed by atoms with Crippen molar-refractivity contribution in [2.24, 2.45) is 5.92 Å². The van der Waals surface area contributed by atoms with Crippen molar-refractivity contribution < 1.29 is 0 Å². The summed E-state index contributed by atoms with van der Waals surface area (Å²) in [4.78, 5) is 0. The Morgan fingerprint density at radius 2 is 1.83 bits per heavy atom. The lowest BCUT2D eigenvalue weighted by Gasteiger charge is -2.16. The summed E-state index contributed by atoms with van der Waals surface area (Å²) in [5, 5.41) is 3.70. The van der Waals surface area contributed by atoms with E-state index in [4.69, 9.17) is 11.6 Å². The van der Waals surface area contributed by atoms with Crippen LogP contribution in [0.3, 0.4) is 0 Å². The maximum Gasteiger partial charge on any atom is 0.0463 e. The zero-order valence-corrected chi connectivity index (χ0v) is 9.49. The van der Waals surface area contributed by atoms with Crippen LogP contribution >= 0.6 is 11.6 Å². The fraction of sp³-hybridized carbons (Fsp3) is 1.00. The maximum absolute atomic E-state index is 6.11. The molecular weight excluding hydrogens is 170 g/mol. The van der Waals surface area contributed by atoms with Crippen LogP contribution in [0.5, 0.6) is 0 Å². The first-order chi connectivity index (χ1) is 5.56. The van der Waals surface area contributed by atoms with E-state index in [9.17, 15) is 0 Å². The number of hydrogen-bond acceptors (Lipinski definition) is 1. The van der Waals surface area contributed by atoms with Gasteiger partial charge in [0.2, 0.25) is 0 Å². The molecule has 0 fully saturated rings. The molecule has 0 aromatic carbocycles. The third-order valence-corrected chi connectivity index (χ3v) is 2.36. The van der Waals surface area contributed by atoms with E-state index in [0.717, 1.165) is 13.0 Å². The summed E-state index contributed by atoms with van der Waals surface area (Å²) >= 11 is 6.11. The molecule has 74 valence electrons. The fourth-order valence-corrected chi connectivity index (χ4v) is 1.51. The van der Waals surface area contributed by atoms with Crippen molar-refractivity contribution >= 4 is 11.6 Å². The first kappa shape index (κ1) is 12.2. The van der Waals surface area contributed by atoms with Crippen molar-refractivity contribution in [3.05, 3.63) is 0 Å². The quantitative estimate of drug-likeness (QED) is 0.637. The van der Waals surface area contributed by atoms with Crippen LogP contribution in [-0.2, 0) is 0 Å². The van der Waals surface area contributed by atoms with Gasteiger partial charge in [-0.25, -0.2) is 0 Å². The normalized spacial score (nSPS) is 16.5. The molecule has 0 aliphatic carbocycles. The van der Waals surface area contributed by atoms with Gasteiger partial charge in [0.05, 0.1) is 0 Å². The van der Waals surface area contributed by atoms with Crippen LogP contribution in [-0.4, -0.2) is 18.0 Å². The SMILES string of the molecule is CCC(C)NCC(Cl)CC(C)C. The zero-order chi connectivity index (χ0) is 9.56. The smallest absolute Gasteiger partial charge is 0.0463 e. The molecule has 2 atom stereocenters. The molecule has 0 aliphatic rings. The van der Waals surface area contributed by atoms with Gasteiger partial charge >= 0.3 is 0 Å². The van der Waals surface area contributed by atoms with Gasteiger partial charge in [0.1, 0.15) is 0 Å². The Balaban J connectivity index is 3.36. The summed E-state index contributed by atoms with van der Waals surface area (Å²) < 4.78 is 0. The summed E-state index contributed by atoms with van der Waals surface area (Å²) in [6.45, 7) is 9.73. The van der Waals surface area contributed by atoms with E-state index in [0.29, 0.717) is 17.3 Å². The standard InChI is InChI=1S/C10H22ClN/c1-5-9(4)12-7-10(11)6-8(2)3/h8-10,12H,5-7H2,1-4H3. The molecule has 1 N–H and O–H groups in total. The number of rotatable bonds is 6. The van der Waals surface area contributed by atoms with Crippen LogP contribution in [0.25, 0.3) is 0 Å². The second kappa shape index (κ2) is 6.73. The minimum absolute atomic E-state index is 0.291. The molecule has 0 aromatic rings. The van der Waals surface area contributed by atoms with Crippen molar-refractivity contribution in [1.82, 2.24) is 5.32 Å². The van der Waals surface area contributed by atoms with Crippen LogP contribution in [0, 0.1) is 5.92 Å². The van der Waals surface area contributed by atoms with Crippen molar-refractivity contribution in [2.45, 2.75) is 52.0 Å². The van der Waals surface area contributed by atoms with Crippen LogP contribution in [0.1, 0.15) is 40.5 Å². The zero-order valence-electron chi connectivity index (χ0n) is 8.73. The predicted octanol–water partition coefficient (Wildman–Crippen LogP) is 3.03. The van der Waals surface area contributed by atoms with E-state index < -0.39 is 0 Å². The number of hydrogen-bond donors (Lipinski definition) is 1. The maximum atomic E-state index is 6.11. The molecule has 0 aromatic heterocycles. The molecule has 12 heavy (non-hydrogen) atoms. The highest BCUT2D eigenvalue weighted by Gasteiger charge is 2.07. The third-order valence-electron chi connectivity index (χ3n) is 2.03. The van der Waals surface area contributed by atoms with Crippen molar-refractivity contribution in [3.63, 3.8) is 0 Å². The van der Waals surface area contributed by atoms with Gasteiger partial charge in [-0.15, -0.1) is 11.6 Å². The molecule has 1 nitrogen and oxygen atoms in total. The van der Waals surface area contributed by atoms with E-state index >= 15 is 0 Å². The van der Waals surface area contributed by atoms with Gasteiger partial charge < -0.3 is 5.32 Å². The second-order valence-corrected chi connectivity index (χ2v) is 4.56. The minimum Gasteiger partial charge on any atom is -0.313 e. The second-order valence-electron chi connectivity index (χ2n) is 3.94. The molecule has 0 heterocycles. The van der Waals surface area contributed by atoms with Crippen LogP contribution in [0.4, 0.5) is 0 Å². The molecule has 0 bridgehead atoms. The van der Waals surface area contributed by atoms with Crippen molar-refractivity contribution in [1.29, 1.82) is 0 Å². The molecular formula is C10H22ClN. The van der Waals surface area contributed by atoms with Gasteiger partial charge in [-0.3, -0.25) is 0 Å². The summed E-state index contributed by atoms with van der Waals surface area (Å²) in [5.41, 5.74) is 0. The number of halogens is 1. The average molecular weight is 192 g/mol. The summed E-state index contributed by atoms with van der Waals surface area (Å²) in [6.07, 6.45) is 2.27. The van der Waals surface area contributed by atoms with Gasteiger partial charge in [0, 0.05) is 18.0 Å². The third kappa shape index (κ3) is 6.93. The Kier molecular flexibility index (Phi) is 6.87. The first-order valence-electron chi connectivity index (χ1n) is 4.93. The topological polar surface area (TPSA) is 12.0 Å². The predicted molar refractivity (Wildman–Crippen MR) is 56.9 cm³/mol. The highest BCUT2D eigenvalue weighted by Crippen LogP contribution is 2.09. The molecule has 0 saturated carbocycles. The summed E-state index contributed by atoms with van der Waals surface area (Å²) in [5.74, 6) is 0.700. The largest absolute Gasteiger partial charge is 0.313 e. The highest BCUT2D eigenvalue weighted by molar-refractivity contribution is 6.20. The van der Waals surface area contributed by atoms with E-state index in [1.54, 1.807) is 0 Å². The van der Waals surface area contributed by atoms with Gasteiger partial charge in [0.15, 0.2) is 0 Å². The van der Waals surface area contributed by atoms with E-state index in [-0.39, 0.29) is 0 Å². The van der Waals surface area contributed by atoms with E-state index in [2.05, 4.69) is 33.0 Å². The number of nitrogens with one attached hydrogen (secondary N) is 1. The molecule has 0 amide bonds.